The van der Waals surface area contributed by atoms with Crippen LogP contribution in [0.1, 0.15) is 12.5 Å². The van der Waals surface area contributed by atoms with Gasteiger partial charge in [-0.25, -0.2) is 9.18 Å². The summed E-state index contributed by atoms with van der Waals surface area (Å²) in [4.78, 5) is 11.0. The van der Waals surface area contributed by atoms with Crippen LogP contribution in [0.4, 0.5) is 9.18 Å². The molecule has 1 fully saturated rings. The Bertz CT molecular complexity index is 424. The lowest BCUT2D eigenvalue weighted by Gasteiger charge is -2.22. The molecule has 1 aliphatic heterocycles. The Morgan fingerprint density at radius 3 is 2.93 bits per heavy atom. The predicted molar refractivity (Wildman–Crippen MR) is 55.9 cm³/mol. The number of halogens is 2. The van der Waals surface area contributed by atoms with E-state index in [1.807, 2.05) is 0 Å². The first kappa shape index (κ1) is 10.4. The SMILES string of the molecule is C[C@@]1(c2cc(Br)ccc2F)COC(=O)N1. The number of ether oxygens (including phenoxy) is 1. The van der Waals surface area contributed by atoms with Gasteiger partial charge in [0.15, 0.2) is 0 Å². The Hall–Kier alpha value is -1.10. The van der Waals surface area contributed by atoms with Crippen molar-refractivity contribution in [2.24, 2.45) is 0 Å². The molecule has 0 spiro atoms. The largest absolute Gasteiger partial charge is 0.447 e. The van der Waals surface area contributed by atoms with Crippen LogP contribution in [0.25, 0.3) is 0 Å². The molecule has 5 heteroatoms. The summed E-state index contributed by atoms with van der Waals surface area (Å²) in [5, 5.41) is 2.59. The molecule has 2 rings (SSSR count). The highest BCUT2D eigenvalue weighted by Gasteiger charge is 2.38. The second-order valence-corrected chi connectivity index (χ2v) is 4.57. The van der Waals surface area contributed by atoms with Gasteiger partial charge in [-0.3, -0.25) is 0 Å². The Balaban J connectivity index is 2.44. The van der Waals surface area contributed by atoms with Gasteiger partial charge in [0.1, 0.15) is 18.0 Å². The summed E-state index contributed by atoms with van der Waals surface area (Å²) in [6.07, 6.45) is -0.517. The Kier molecular flexibility index (Phi) is 2.42. The van der Waals surface area contributed by atoms with E-state index in [2.05, 4.69) is 21.2 Å². The summed E-state index contributed by atoms with van der Waals surface area (Å²) >= 11 is 3.26. The second-order valence-electron chi connectivity index (χ2n) is 3.66. The maximum absolute atomic E-state index is 13.6. The van der Waals surface area contributed by atoms with E-state index in [-0.39, 0.29) is 12.4 Å². The molecular formula is C10H9BrFNO2. The van der Waals surface area contributed by atoms with Gasteiger partial charge in [-0.05, 0) is 25.1 Å². The van der Waals surface area contributed by atoms with E-state index < -0.39 is 11.6 Å². The number of cyclic esters (lactones) is 1. The lowest BCUT2D eigenvalue weighted by Crippen LogP contribution is -2.38. The average Bonchev–Trinajstić information content (AvgIpc) is 2.52. The molecule has 1 aliphatic rings. The number of rotatable bonds is 1. The van der Waals surface area contributed by atoms with Crippen molar-refractivity contribution in [2.75, 3.05) is 6.61 Å². The molecule has 1 heterocycles. The van der Waals surface area contributed by atoms with Gasteiger partial charge >= 0.3 is 6.09 Å². The van der Waals surface area contributed by atoms with Crippen LogP contribution >= 0.6 is 15.9 Å². The van der Waals surface area contributed by atoms with Crippen molar-refractivity contribution in [1.82, 2.24) is 5.32 Å². The molecule has 0 saturated carbocycles. The molecule has 80 valence electrons. The highest BCUT2D eigenvalue weighted by atomic mass is 79.9. The zero-order valence-electron chi connectivity index (χ0n) is 8.01. The molecule has 1 aromatic rings. The smallest absolute Gasteiger partial charge is 0.408 e. The van der Waals surface area contributed by atoms with Crippen molar-refractivity contribution < 1.29 is 13.9 Å². The van der Waals surface area contributed by atoms with Crippen LogP contribution < -0.4 is 5.32 Å². The summed E-state index contributed by atoms with van der Waals surface area (Å²) in [7, 11) is 0. The molecule has 3 nitrogen and oxygen atoms in total. The number of hydrogen-bond acceptors (Lipinski definition) is 2. The maximum Gasteiger partial charge on any atom is 0.408 e. The van der Waals surface area contributed by atoms with Gasteiger partial charge in [-0.2, -0.15) is 0 Å². The van der Waals surface area contributed by atoms with Gasteiger partial charge < -0.3 is 10.1 Å². The molecule has 1 N–H and O–H groups in total. The molecule has 1 saturated heterocycles. The summed E-state index contributed by atoms with van der Waals surface area (Å²) in [5.74, 6) is -0.355. The van der Waals surface area contributed by atoms with Gasteiger partial charge in [0.05, 0.1) is 0 Å². The lowest BCUT2D eigenvalue weighted by atomic mass is 9.93. The van der Waals surface area contributed by atoms with Crippen LogP contribution in [-0.2, 0) is 10.3 Å². The fraction of sp³-hybridized carbons (Fsp3) is 0.300. The fourth-order valence-corrected chi connectivity index (χ4v) is 1.93. The lowest BCUT2D eigenvalue weighted by molar-refractivity contribution is 0.173. The van der Waals surface area contributed by atoms with Gasteiger partial charge in [0, 0.05) is 10.0 Å². The number of benzene rings is 1. The molecule has 1 atom stereocenters. The van der Waals surface area contributed by atoms with E-state index in [0.717, 1.165) is 4.47 Å². The standard InChI is InChI=1S/C10H9BrFNO2/c1-10(5-15-9(14)13-10)7-4-6(11)2-3-8(7)12/h2-4H,5H2,1H3,(H,13,14)/t10-/m0/s1. The highest BCUT2D eigenvalue weighted by Crippen LogP contribution is 2.29. The van der Waals surface area contributed by atoms with Crippen molar-refractivity contribution in [3.05, 3.63) is 34.1 Å². The predicted octanol–water partition coefficient (Wildman–Crippen LogP) is 2.54. The molecular weight excluding hydrogens is 265 g/mol. The molecule has 0 aliphatic carbocycles. The van der Waals surface area contributed by atoms with Crippen LogP contribution in [0.3, 0.4) is 0 Å². The minimum atomic E-state index is -0.787. The molecule has 0 bridgehead atoms. The van der Waals surface area contributed by atoms with Gasteiger partial charge in [-0.15, -0.1) is 0 Å². The Morgan fingerprint density at radius 1 is 1.60 bits per heavy atom. The zero-order valence-corrected chi connectivity index (χ0v) is 9.60. The van der Waals surface area contributed by atoms with Crippen LogP contribution in [0.5, 0.6) is 0 Å². The normalized spacial score (nSPS) is 24.9. The van der Waals surface area contributed by atoms with Crippen LogP contribution in [0.15, 0.2) is 22.7 Å². The van der Waals surface area contributed by atoms with Crippen molar-refractivity contribution in [3.63, 3.8) is 0 Å². The second kappa shape index (κ2) is 3.48. The molecule has 0 unspecified atom stereocenters. The van der Waals surface area contributed by atoms with Crippen molar-refractivity contribution in [1.29, 1.82) is 0 Å². The topological polar surface area (TPSA) is 38.3 Å². The summed E-state index contributed by atoms with van der Waals surface area (Å²) in [6, 6.07) is 4.61. The van der Waals surface area contributed by atoms with Crippen molar-refractivity contribution in [3.8, 4) is 0 Å². The number of hydrogen-bond donors (Lipinski definition) is 1. The average molecular weight is 274 g/mol. The minimum absolute atomic E-state index is 0.138. The van der Waals surface area contributed by atoms with Crippen molar-refractivity contribution in [2.45, 2.75) is 12.5 Å². The molecule has 1 aromatic carbocycles. The van der Waals surface area contributed by atoms with Crippen LogP contribution in [0.2, 0.25) is 0 Å². The third-order valence-corrected chi connectivity index (χ3v) is 2.89. The van der Waals surface area contributed by atoms with E-state index in [0.29, 0.717) is 5.56 Å². The quantitative estimate of drug-likeness (QED) is 0.854. The molecule has 0 radical (unpaired) electrons. The highest BCUT2D eigenvalue weighted by molar-refractivity contribution is 9.10. The molecule has 15 heavy (non-hydrogen) atoms. The van der Waals surface area contributed by atoms with Gasteiger partial charge in [-0.1, -0.05) is 15.9 Å². The third kappa shape index (κ3) is 1.84. The van der Waals surface area contributed by atoms with Crippen LogP contribution in [0, 0.1) is 5.82 Å². The van der Waals surface area contributed by atoms with E-state index in [9.17, 15) is 9.18 Å². The first-order valence-electron chi connectivity index (χ1n) is 4.42. The van der Waals surface area contributed by atoms with E-state index in [1.54, 1.807) is 19.1 Å². The molecule has 0 aromatic heterocycles. The number of carbonyl (C=O) groups is 1. The first-order valence-corrected chi connectivity index (χ1v) is 5.21. The number of amides is 1. The third-order valence-electron chi connectivity index (χ3n) is 2.39. The first-order chi connectivity index (χ1) is 7.01. The Morgan fingerprint density at radius 2 is 2.33 bits per heavy atom. The Labute approximate surface area is 94.7 Å². The van der Waals surface area contributed by atoms with Gasteiger partial charge in [0.25, 0.3) is 0 Å². The van der Waals surface area contributed by atoms with E-state index in [4.69, 9.17) is 4.74 Å². The van der Waals surface area contributed by atoms with E-state index >= 15 is 0 Å². The number of alkyl carbamates (subject to hydrolysis) is 1. The summed E-state index contributed by atoms with van der Waals surface area (Å²) in [5.41, 5.74) is -0.368. The summed E-state index contributed by atoms with van der Waals surface area (Å²) in [6.45, 7) is 1.86. The van der Waals surface area contributed by atoms with Gasteiger partial charge in [0.2, 0.25) is 0 Å². The number of carbonyl (C=O) groups excluding carboxylic acids is 1. The zero-order chi connectivity index (χ0) is 11.1. The fourth-order valence-electron chi connectivity index (χ4n) is 1.57. The maximum atomic E-state index is 13.6. The van der Waals surface area contributed by atoms with Crippen LogP contribution in [-0.4, -0.2) is 12.7 Å². The molecule has 1 amide bonds. The number of nitrogens with one attached hydrogen (secondary N) is 1. The summed E-state index contributed by atoms with van der Waals surface area (Å²) < 4.78 is 19.1. The minimum Gasteiger partial charge on any atom is -0.447 e. The monoisotopic (exact) mass is 273 g/mol. The van der Waals surface area contributed by atoms with Crippen molar-refractivity contribution >= 4 is 22.0 Å². The van der Waals surface area contributed by atoms with E-state index in [1.165, 1.54) is 6.07 Å².